The van der Waals surface area contributed by atoms with Gasteiger partial charge in [-0.3, -0.25) is 0 Å². The minimum Gasteiger partial charge on any atom is -0.478 e. The number of allylic oxidation sites excluding steroid dienone is 4. The van der Waals surface area contributed by atoms with E-state index in [1.54, 1.807) is 24.3 Å². The maximum atomic E-state index is 11.6. The Kier molecular flexibility index (Phi) is 8.94. The fraction of sp³-hybridized carbons (Fsp3) is 0. The number of aliphatic imine (C=N–C) groups is 2. The minimum atomic E-state index is -0.981. The number of H-pyrrole nitrogens is 2. The van der Waals surface area contributed by atoms with Crippen LogP contribution < -0.4 is 10.7 Å². The topological polar surface area (TPSA) is 93.6 Å². The third kappa shape index (κ3) is 6.73. The number of carboxylic acids is 1. The van der Waals surface area contributed by atoms with E-state index in [2.05, 4.69) is 137 Å². The van der Waals surface area contributed by atoms with Crippen LogP contribution in [0.15, 0.2) is 209 Å². The fourth-order valence-electron chi connectivity index (χ4n) is 7.87. The molecule has 8 bridgehead atoms. The van der Waals surface area contributed by atoms with Crippen molar-refractivity contribution in [2.24, 2.45) is 9.98 Å². The molecule has 0 aliphatic carbocycles. The van der Waals surface area contributed by atoms with Gasteiger partial charge in [0.05, 0.1) is 34.1 Å². The molecule has 3 aliphatic rings. The molecule has 3 aliphatic heterocycles. The van der Waals surface area contributed by atoms with Crippen LogP contribution in [0, 0.1) is 11.8 Å². The van der Waals surface area contributed by atoms with Crippen molar-refractivity contribution in [2.45, 2.75) is 0 Å². The summed E-state index contributed by atoms with van der Waals surface area (Å²) in [5.41, 5.74) is 14.4. The van der Waals surface area contributed by atoms with E-state index in [0.717, 1.165) is 89.3 Å². The number of aromatic amines is 2. The molecule has 10 rings (SSSR count). The van der Waals surface area contributed by atoms with E-state index in [4.69, 9.17) is 9.98 Å². The number of rotatable bonds is 5. The molecule has 6 heteroatoms. The lowest BCUT2D eigenvalue weighted by Crippen LogP contribution is -2.21. The van der Waals surface area contributed by atoms with Gasteiger partial charge in [-0.1, -0.05) is 127 Å². The monoisotopic (exact) mass is 758 g/mol. The molecule has 7 aromatic rings. The number of carboxylic acid groups (broad SMARTS) is 1. The summed E-state index contributed by atoms with van der Waals surface area (Å²) in [4.78, 5) is 30.0. The smallest absolute Gasteiger partial charge is 0.335 e. The molecule has 5 aromatic carbocycles. The van der Waals surface area contributed by atoms with Gasteiger partial charge in [-0.25, -0.2) is 14.8 Å². The van der Waals surface area contributed by atoms with Crippen molar-refractivity contribution in [2.75, 3.05) is 0 Å². The largest absolute Gasteiger partial charge is 0.478 e. The molecule has 0 amide bonds. The predicted octanol–water partition coefficient (Wildman–Crippen LogP) is 9.09. The zero-order valence-electron chi connectivity index (χ0n) is 31.6. The molecule has 0 unspecified atom stereocenters. The molecular weight excluding hydrogens is 725 g/mol. The third-order valence-corrected chi connectivity index (χ3v) is 10.6. The number of nitrogens with one attached hydrogen (secondary N) is 2. The van der Waals surface area contributed by atoms with Gasteiger partial charge in [0, 0.05) is 49.8 Å². The van der Waals surface area contributed by atoms with Crippen LogP contribution in [0.2, 0.25) is 0 Å². The lowest BCUT2D eigenvalue weighted by atomic mass is 9.94. The van der Waals surface area contributed by atoms with Crippen molar-refractivity contribution in [3.63, 3.8) is 0 Å². The van der Waals surface area contributed by atoms with E-state index in [9.17, 15) is 9.90 Å². The number of fused-ring (bicyclic) bond motifs is 6. The van der Waals surface area contributed by atoms with Gasteiger partial charge in [0.2, 0.25) is 0 Å². The average molecular weight is 759 g/mol. The van der Waals surface area contributed by atoms with E-state index in [1.165, 1.54) is 0 Å². The Morgan fingerprint density at radius 3 is 1.42 bits per heavy atom. The molecule has 0 fully saturated rings. The molecule has 0 saturated carbocycles. The minimum absolute atomic E-state index is 0.207. The van der Waals surface area contributed by atoms with Crippen LogP contribution in [-0.2, 0) is 0 Å². The standard InChI is InChI=1S/C53H34N4O2/c58-53(59)39-24-21-34(22-25-39)23-26-41-40-33-48(54-41)52(38-19-11-4-12-20-38)47-32-31-46(57-47)51(37-17-9-3-10-18-37)45-30-29-44(56-45)50(36-15-7-2-8-16-36)43-28-27-42(55-43)49(40)35-13-5-1-6-14-35/h1-22,24-25,27-33,54,56H,(H,58,59). The van der Waals surface area contributed by atoms with Crippen LogP contribution in [-0.4, -0.2) is 32.5 Å². The summed E-state index contributed by atoms with van der Waals surface area (Å²) in [7, 11) is 0. The molecule has 3 N–H and O–H groups in total. The van der Waals surface area contributed by atoms with Crippen LogP contribution in [0.3, 0.4) is 0 Å². The van der Waals surface area contributed by atoms with Crippen molar-refractivity contribution >= 4 is 39.7 Å². The summed E-state index contributed by atoms with van der Waals surface area (Å²) in [5.74, 6) is 5.78. The molecule has 59 heavy (non-hydrogen) atoms. The fourth-order valence-corrected chi connectivity index (χ4v) is 7.87. The second-order valence-corrected chi connectivity index (χ2v) is 14.3. The number of hydrogen-bond acceptors (Lipinski definition) is 3. The van der Waals surface area contributed by atoms with Crippen LogP contribution in [0.5, 0.6) is 0 Å². The first-order valence-corrected chi connectivity index (χ1v) is 19.3. The van der Waals surface area contributed by atoms with Crippen LogP contribution >= 0.6 is 0 Å². The summed E-state index contributed by atoms with van der Waals surface area (Å²) in [6.07, 6.45) is 8.37. The van der Waals surface area contributed by atoms with Gasteiger partial charge in [0.15, 0.2) is 0 Å². The molecule has 0 atom stereocenters. The predicted molar refractivity (Wildman–Crippen MR) is 236 cm³/mol. The Hall–Kier alpha value is -8.27. The first-order valence-electron chi connectivity index (χ1n) is 19.3. The van der Waals surface area contributed by atoms with Gasteiger partial charge in [0.25, 0.3) is 0 Å². The van der Waals surface area contributed by atoms with Crippen molar-refractivity contribution in [3.8, 4) is 11.8 Å². The first kappa shape index (κ1) is 35.2. The van der Waals surface area contributed by atoms with Gasteiger partial charge in [0.1, 0.15) is 0 Å². The van der Waals surface area contributed by atoms with E-state index in [-0.39, 0.29) is 5.56 Å². The molecule has 0 saturated heterocycles. The van der Waals surface area contributed by atoms with Crippen LogP contribution in [0.25, 0.3) is 22.3 Å². The van der Waals surface area contributed by atoms with E-state index >= 15 is 0 Å². The normalized spacial score (nSPS) is 14.3. The first-order chi connectivity index (χ1) is 29.1. The lowest BCUT2D eigenvalue weighted by molar-refractivity contribution is 0.0697. The Bertz CT molecular complexity index is 3180. The van der Waals surface area contributed by atoms with Gasteiger partial charge in [-0.05, 0) is 94.9 Å². The van der Waals surface area contributed by atoms with Crippen LogP contribution in [0.1, 0.15) is 55.1 Å². The maximum Gasteiger partial charge on any atom is 0.335 e. The third-order valence-electron chi connectivity index (χ3n) is 10.6. The zero-order valence-corrected chi connectivity index (χ0v) is 31.6. The van der Waals surface area contributed by atoms with Crippen molar-refractivity contribution < 1.29 is 9.90 Å². The number of hydrogen-bond donors (Lipinski definition) is 3. The summed E-state index contributed by atoms with van der Waals surface area (Å²) in [6, 6.07) is 54.4. The molecule has 6 nitrogen and oxygen atoms in total. The van der Waals surface area contributed by atoms with Crippen molar-refractivity contribution in [3.05, 3.63) is 261 Å². The molecule has 0 spiro atoms. The number of aromatic nitrogens is 2. The zero-order chi connectivity index (χ0) is 39.7. The van der Waals surface area contributed by atoms with E-state index in [1.807, 2.05) is 48.5 Å². The number of carbonyl (C=O) groups is 1. The molecule has 0 radical (unpaired) electrons. The number of benzene rings is 5. The summed E-state index contributed by atoms with van der Waals surface area (Å²) < 4.78 is 0. The maximum absolute atomic E-state index is 11.6. The van der Waals surface area contributed by atoms with Gasteiger partial charge in [-0.2, -0.15) is 0 Å². The van der Waals surface area contributed by atoms with Crippen molar-refractivity contribution in [1.29, 1.82) is 0 Å². The lowest BCUT2D eigenvalue weighted by Gasteiger charge is -2.11. The highest BCUT2D eigenvalue weighted by Gasteiger charge is 2.25. The van der Waals surface area contributed by atoms with Gasteiger partial charge in [-0.15, -0.1) is 0 Å². The Morgan fingerprint density at radius 1 is 0.475 bits per heavy atom. The molecular formula is C53H34N4O2. The Balaban J connectivity index is 1.32. The Labute approximate surface area is 340 Å². The number of aromatic carboxylic acids is 1. The highest BCUT2D eigenvalue weighted by atomic mass is 16.4. The van der Waals surface area contributed by atoms with Gasteiger partial charge >= 0.3 is 5.97 Å². The molecule has 2 aromatic heterocycles. The van der Waals surface area contributed by atoms with Crippen molar-refractivity contribution in [1.82, 2.24) is 9.97 Å². The second-order valence-electron chi connectivity index (χ2n) is 14.3. The Morgan fingerprint density at radius 2 is 0.932 bits per heavy atom. The number of nitrogens with zero attached hydrogens (tertiary/aromatic N) is 2. The molecule has 278 valence electrons. The quantitative estimate of drug-likeness (QED) is 0.153. The molecule has 5 heterocycles. The summed E-state index contributed by atoms with van der Waals surface area (Å²) in [6.45, 7) is 0. The highest BCUT2D eigenvalue weighted by molar-refractivity contribution is 6.31. The van der Waals surface area contributed by atoms with Crippen LogP contribution in [0.4, 0.5) is 0 Å². The summed E-state index contributed by atoms with van der Waals surface area (Å²) in [5, 5.41) is 11.4. The summed E-state index contributed by atoms with van der Waals surface area (Å²) >= 11 is 0. The highest BCUT2D eigenvalue weighted by Crippen LogP contribution is 2.38. The van der Waals surface area contributed by atoms with Gasteiger partial charge < -0.3 is 15.1 Å². The second kappa shape index (κ2) is 15.0. The average Bonchev–Trinajstić information content (AvgIpc) is 4.12. The van der Waals surface area contributed by atoms with E-state index in [0.29, 0.717) is 11.3 Å². The van der Waals surface area contributed by atoms with E-state index < -0.39 is 5.97 Å². The SMILES string of the molecule is O=C(O)c1ccc(C#Cc2[nH]c3cc2C(c2ccccc2)=C2C=CC(=N2)C(c2ccccc2)=c2ccc([nH]2)=C(c2ccccc2)C2=NC(=C3c3ccccc3)C=C2)cc1.